The Morgan fingerprint density at radius 3 is 2.60 bits per heavy atom. The summed E-state index contributed by atoms with van der Waals surface area (Å²) in [4.78, 5) is 14.1. The van der Waals surface area contributed by atoms with E-state index in [4.69, 9.17) is 17.0 Å². The van der Waals surface area contributed by atoms with E-state index >= 15 is 0 Å². The lowest BCUT2D eigenvalue weighted by Crippen LogP contribution is -2.46. The van der Waals surface area contributed by atoms with E-state index in [0.29, 0.717) is 26.3 Å². The monoisotopic (exact) mass is 289 g/mol. The van der Waals surface area contributed by atoms with Crippen molar-refractivity contribution < 1.29 is 9.53 Å². The minimum atomic E-state index is -0.955. The van der Waals surface area contributed by atoms with Crippen LogP contribution < -0.4 is 5.32 Å². The first-order chi connectivity index (χ1) is 9.72. The van der Waals surface area contributed by atoms with Crippen LogP contribution in [0.15, 0.2) is 30.3 Å². The molecule has 5 nitrogen and oxygen atoms in total. The van der Waals surface area contributed by atoms with Crippen molar-refractivity contribution in [2.75, 3.05) is 31.6 Å². The van der Waals surface area contributed by atoms with E-state index in [2.05, 4.69) is 5.32 Å². The lowest BCUT2D eigenvalue weighted by atomic mass is 10.1. The first-order valence-corrected chi connectivity index (χ1v) is 6.75. The molecule has 1 heterocycles. The molecule has 2 rings (SSSR count). The average Bonchev–Trinajstić information content (AvgIpc) is 2.49. The van der Waals surface area contributed by atoms with Crippen molar-refractivity contribution in [2.45, 2.75) is 0 Å². The molecule has 0 aromatic heterocycles. The molecule has 6 heteroatoms. The molecule has 20 heavy (non-hydrogen) atoms. The summed E-state index contributed by atoms with van der Waals surface area (Å²) < 4.78 is 5.19. The van der Waals surface area contributed by atoms with Crippen LogP contribution in [0.1, 0.15) is 0 Å². The molecule has 1 aliphatic rings. The largest absolute Gasteiger partial charge is 0.378 e. The van der Waals surface area contributed by atoms with Gasteiger partial charge in [-0.1, -0.05) is 30.4 Å². The Hall–Kier alpha value is -1.97. The number of amides is 1. The Balaban J connectivity index is 2.02. The zero-order chi connectivity index (χ0) is 14.4. The van der Waals surface area contributed by atoms with Gasteiger partial charge in [0.05, 0.1) is 19.3 Å². The fourth-order valence-electron chi connectivity index (χ4n) is 1.93. The summed E-state index contributed by atoms with van der Waals surface area (Å²) in [5, 5.41) is 12.2. The molecule has 1 atom stereocenters. The maximum absolute atomic E-state index is 12.3. The van der Waals surface area contributed by atoms with E-state index in [1.54, 1.807) is 4.90 Å². The molecule has 0 radical (unpaired) electrons. The summed E-state index contributed by atoms with van der Waals surface area (Å²) >= 11 is 5.19. The summed E-state index contributed by atoms with van der Waals surface area (Å²) in [6.07, 6.45) is 0. The van der Waals surface area contributed by atoms with E-state index in [1.165, 1.54) is 0 Å². The summed E-state index contributed by atoms with van der Waals surface area (Å²) in [6.45, 7) is 2.02. The first kappa shape index (κ1) is 14.4. The standard InChI is InChI=1S/C14H15N3O2S/c15-10-12(14(18)17-6-8-19-9-7-17)13(20)16-11-4-2-1-3-5-11/h1-5,12H,6-9H2,(H,16,20)/t12-/m0/s1. The summed E-state index contributed by atoms with van der Waals surface area (Å²) in [6, 6.07) is 11.2. The number of anilines is 1. The third-order valence-corrected chi connectivity index (χ3v) is 3.34. The molecule has 0 aliphatic carbocycles. The Kier molecular flexibility index (Phi) is 5.04. The third-order valence-electron chi connectivity index (χ3n) is 3.00. The number of nitrogens with zero attached hydrogens (tertiary/aromatic N) is 2. The minimum Gasteiger partial charge on any atom is -0.378 e. The number of nitriles is 1. The van der Waals surface area contributed by atoms with Crippen LogP contribution in [0, 0.1) is 17.2 Å². The molecule has 0 unspecified atom stereocenters. The quantitative estimate of drug-likeness (QED) is 0.853. The van der Waals surface area contributed by atoms with Gasteiger partial charge in [-0.2, -0.15) is 5.26 Å². The van der Waals surface area contributed by atoms with Gasteiger partial charge >= 0.3 is 0 Å². The third kappa shape index (κ3) is 3.53. The molecule has 1 saturated heterocycles. The van der Waals surface area contributed by atoms with Gasteiger partial charge in [0.15, 0.2) is 5.92 Å². The van der Waals surface area contributed by atoms with Gasteiger partial charge in [-0.3, -0.25) is 4.79 Å². The second kappa shape index (κ2) is 6.98. The second-order valence-electron chi connectivity index (χ2n) is 4.36. The maximum Gasteiger partial charge on any atom is 0.247 e. The van der Waals surface area contributed by atoms with Crippen LogP contribution in [0.2, 0.25) is 0 Å². The molecule has 104 valence electrons. The van der Waals surface area contributed by atoms with Crippen molar-refractivity contribution >= 4 is 28.8 Å². The predicted molar refractivity (Wildman–Crippen MR) is 79.2 cm³/mol. The van der Waals surface area contributed by atoms with Crippen LogP contribution in [0.3, 0.4) is 0 Å². The Morgan fingerprint density at radius 1 is 1.35 bits per heavy atom. The summed E-state index contributed by atoms with van der Waals surface area (Å²) in [5.41, 5.74) is 0.771. The van der Waals surface area contributed by atoms with Crippen molar-refractivity contribution in [3.63, 3.8) is 0 Å². The fourth-order valence-corrected chi connectivity index (χ4v) is 2.20. The zero-order valence-electron chi connectivity index (χ0n) is 10.9. The SMILES string of the molecule is N#C[C@H](C(=O)N1CCOCC1)C(=S)Nc1ccccc1. The van der Waals surface area contributed by atoms with Crippen LogP contribution >= 0.6 is 12.2 Å². The molecule has 1 aromatic carbocycles. The molecule has 1 aromatic rings. The predicted octanol–water partition coefficient (Wildman–Crippen LogP) is 1.42. The van der Waals surface area contributed by atoms with Gasteiger partial charge in [0, 0.05) is 18.8 Å². The average molecular weight is 289 g/mol. The van der Waals surface area contributed by atoms with Crippen molar-refractivity contribution in [1.82, 2.24) is 4.90 Å². The van der Waals surface area contributed by atoms with Crippen molar-refractivity contribution in [3.8, 4) is 6.07 Å². The highest BCUT2D eigenvalue weighted by molar-refractivity contribution is 7.80. The second-order valence-corrected chi connectivity index (χ2v) is 4.79. The number of ether oxygens (including phenoxy) is 1. The summed E-state index contributed by atoms with van der Waals surface area (Å²) in [7, 11) is 0. The molecule has 0 bridgehead atoms. The molecule has 0 spiro atoms. The summed E-state index contributed by atoms with van der Waals surface area (Å²) in [5.74, 6) is -1.22. The van der Waals surface area contributed by atoms with Gasteiger partial charge in [0.25, 0.3) is 0 Å². The van der Waals surface area contributed by atoms with Crippen molar-refractivity contribution in [1.29, 1.82) is 5.26 Å². The molecule has 1 N–H and O–H groups in total. The molecule has 1 aliphatic heterocycles. The number of hydrogen-bond donors (Lipinski definition) is 1. The van der Waals surface area contributed by atoms with E-state index in [9.17, 15) is 10.1 Å². The topological polar surface area (TPSA) is 65.4 Å². The van der Waals surface area contributed by atoms with E-state index in [0.717, 1.165) is 5.69 Å². The number of thiocarbonyl (C=S) groups is 1. The van der Waals surface area contributed by atoms with Crippen molar-refractivity contribution in [3.05, 3.63) is 30.3 Å². The van der Waals surface area contributed by atoms with Gasteiger partial charge in [-0.25, -0.2) is 0 Å². The fraction of sp³-hybridized carbons (Fsp3) is 0.357. The van der Waals surface area contributed by atoms with Gasteiger partial charge in [0.1, 0.15) is 4.99 Å². The Labute approximate surface area is 123 Å². The minimum absolute atomic E-state index is 0.232. The number of carbonyl (C=O) groups is 1. The Morgan fingerprint density at radius 2 is 2.00 bits per heavy atom. The molecule has 1 fully saturated rings. The highest BCUT2D eigenvalue weighted by Crippen LogP contribution is 2.12. The van der Waals surface area contributed by atoms with E-state index in [1.807, 2.05) is 36.4 Å². The lowest BCUT2D eigenvalue weighted by molar-refractivity contribution is -0.135. The highest BCUT2D eigenvalue weighted by atomic mass is 32.1. The number of morpholine rings is 1. The number of hydrogen-bond acceptors (Lipinski definition) is 4. The van der Waals surface area contributed by atoms with Gasteiger partial charge in [0.2, 0.25) is 5.91 Å². The Bertz CT molecular complexity index is 521. The van der Waals surface area contributed by atoms with E-state index < -0.39 is 5.92 Å². The molecular formula is C14H15N3O2S. The van der Waals surface area contributed by atoms with Crippen LogP contribution in [-0.4, -0.2) is 42.1 Å². The zero-order valence-corrected chi connectivity index (χ0v) is 11.7. The number of para-hydroxylation sites is 1. The molecular weight excluding hydrogens is 274 g/mol. The van der Waals surface area contributed by atoms with Gasteiger partial charge in [-0.05, 0) is 12.1 Å². The van der Waals surface area contributed by atoms with Gasteiger partial charge in [-0.15, -0.1) is 0 Å². The van der Waals surface area contributed by atoms with E-state index in [-0.39, 0.29) is 10.9 Å². The molecule has 0 saturated carbocycles. The van der Waals surface area contributed by atoms with Gasteiger partial charge < -0.3 is 15.0 Å². The van der Waals surface area contributed by atoms with Crippen LogP contribution in [0.4, 0.5) is 5.69 Å². The van der Waals surface area contributed by atoms with Crippen LogP contribution in [0.25, 0.3) is 0 Å². The number of nitrogens with one attached hydrogen (secondary N) is 1. The molecule has 1 amide bonds. The number of carbonyl (C=O) groups excluding carboxylic acids is 1. The smallest absolute Gasteiger partial charge is 0.247 e. The normalized spacial score (nSPS) is 16.1. The maximum atomic E-state index is 12.3. The number of rotatable bonds is 3. The number of benzene rings is 1. The highest BCUT2D eigenvalue weighted by Gasteiger charge is 2.29. The lowest BCUT2D eigenvalue weighted by Gasteiger charge is -2.28. The van der Waals surface area contributed by atoms with Crippen LogP contribution in [-0.2, 0) is 9.53 Å². The van der Waals surface area contributed by atoms with Crippen LogP contribution in [0.5, 0.6) is 0 Å². The first-order valence-electron chi connectivity index (χ1n) is 6.34. The van der Waals surface area contributed by atoms with Crippen molar-refractivity contribution in [2.24, 2.45) is 5.92 Å².